The third-order valence-electron chi connectivity index (χ3n) is 1.01. The van der Waals surface area contributed by atoms with Crippen molar-refractivity contribution in [1.29, 1.82) is 0 Å². The maximum atomic E-state index is 7.07. The Labute approximate surface area is 37.8 Å². The van der Waals surface area contributed by atoms with Crippen LogP contribution in [0.4, 0.5) is 0 Å². The van der Waals surface area contributed by atoms with Crippen LogP contribution in [0, 0.1) is 0 Å². The summed E-state index contributed by atoms with van der Waals surface area (Å²) in [6, 6.07) is 0.185. The molecule has 1 aliphatic carbocycles. The van der Waals surface area contributed by atoms with Crippen molar-refractivity contribution in [2.24, 2.45) is 0 Å². The van der Waals surface area contributed by atoms with Gasteiger partial charge in [0.1, 0.15) is 0 Å². The fourth-order valence-corrected chi connectivity index (χ4v) is 0.617. The molecule has 0 heterocycles. The Balaban J connectivity index is 2.32. The summed E-state index contributed by atoms with van der Waals surface area (Å²) in [6.07, 6.45) is 6.08. The highest BCUT2D eigenvalue weighted by Gasteiger charge is 2.01. The van der Waals surface area contributed by atoms with E-state index in [9.17, 15) is 0 Å². The average molecular weight is 82.1 g/mol. The predicted molar refractivity (Wildman–Crippen MR) is 25.3 cm³/mol. The Kier molecular flexibility index (Phi) is 0.926. The Morgan fingerprint density at radius 3 is 2.00 bits per heavy atom. The van der Waals surface area contributed by atoms with Crippen LogP contribution in [-0.2, 0) is 0 Å². The zero-order chi connectivity index (χ0) is 4.41. The predicted octanol–water partition coefficient (Wildman–Crippen LogP) is 0.988. The molecular formula is C5H8N. The van der Waals surface area contributed by atoms with Gasteiger partial charge in [0.25, 0.3) is 0 Å². The van der Waals surface area contributed by atoms with Crippen molar-refractivity contribution in [3.05, 3.63) is 12.2 Å². The molecule has 1 aliphatic rings. The SMILES string of the molecule is [NH]C1CC=CC1. The zero-order valence-electron chi connectivity index (χ0n) is 3.65. The third-order valence-corrected chi connectivity index (χ3v) is 1.01. The van der Waals surface area contributed by atoms with Crippen LogP contribution in [0.2, 0.25) is 0 Å². The monoisotopic (exact) mass is 82.1 g/mol. The van der Waals surface area contributed by atoms with Crippen molar-refractivity contribution < 1.29 is 0 Å². The number of hydrogen-bond donors (Lipinski definition) is 0. The fraction of sp³-hybridized carbons (Fsp3) is 0.600. The molecule has 0 saturated heterocycles. The zero-order valence-corrected chi connectivity index (χ0v) is 3.65. The van der Waals surface area contributed by atoms with E-state index in [-0.39, 0.29) is 6.04 Å². The van der Waals surface area contributed by atoms with Crippen LogP contribution < -0.4 is 5.73 Å². The first-order valence-electron chi connectivity index (χ1n) is 2.26. The van der Waals surface area contributed by atoms with Gasteiger partial charge in [-0.1, -0.05) is 12.2 Å². The lowest BCUT2D eigenvalue weighted by atomic mass is 10.3. The molecule has 0 aliphatic heterocycles. The molecule has 0 amide bonds. The minimum absolute atomic E-state index is 0.185. The molecule has 1 heteroatoms. The molecule has 0 spiro atoms. The van der Waals surface area contributed by atoms with Gasteiger partial charge in [-0.15, -0.1) is 0 Å². The van der Waals surface area contributed by atoms with Crippen LogP contribution in [0.1, 0.15) is 12.8 Å². The van der Waals surface area contributed by atoms with Crippen LogP contribution >= 0.6 is 0 Å². The Morgan fingerprint density at radius 1 is 1.33 bits per heavy atom. The lowest BCUT2D eigenvalue weighted by Gasteiger charge is -1.91. The summed E-state index contributed by atoms with van der Waals surface area (Å²) in [6.45, 7) is 0. The summed E-state index contributed by atoms with van der Waals surface area (Å²) < 4.78 is 0. The summed E-state index contributed by atoms with van der Waals surface area (Å²) in [5.74, 6) is 0. The molecule has 1 radical (unpaired) electrons. The summed E-state index contributed by atoms with van der Waals surface area (Å²) in [5, 5.41) is 0. The molecule has 0 bridgehead atoms. The second-order valence-corrected chi connectivity index (χ2v) is 1.64. The molecular weight excluding hydrogens is 74.1 g/mol. The quantitative estimate of drug-likeness (QED) is 0.389. The van der Waals surface area contributed by atoms with Gasteiger partial charge in [0.2, 0.25) is 0 Å². The largest absolute Gasteiger partial charge is 0.254 e. The molecule has 0 saturated carbocycles. The van der Waals surface area contributed by atoms with Gasteiger partial charge in [-0.3, -0.25) is 5.73 Å². The van der Waals surface area contributed by atoms with Crippen molar-refractivity contribution in [3.8, 4) is 0 Å². The van der Waals surface area contributed by atoms with E-state index >= 15 is 0 Å². The molecule has 0 atom stereocenters. The summed E-state index contributed by atoms with van der Waals surface area (Å²) in [4.78, 5) is 0. The molecule has 1 nitrogen and oxygen atoms in total. The van der Waals surface area contributed by atoms with Gasteiger partial charge in [0, 0.05) is 6.04 Å². The van der Waals surface area contributed by atoms with E-state index in [0.29, 0.717) is 0 Å². The van der Waals surface area contributed by atoms with Gasteiger partial charge in [-0.05, 0) is 12.8 Å². The van der Waals surface area contributed by atoms with E-state index < -0.39 is 0 Å². The molecule has 0 unspecified atom stereocenters. The van der Waals surface area contributed by atoms with E-state index in [0.717, 1.165) is 12.8 Å². The smallest absolute Gasteiger partial charge is 0.0281 e. The van der Waals surface area contributed by atoms with Gasteiger partial charge >= 0.3 is 0 Å². The molecule has 0 aromatic rings. The minimum atomic E-state index is 0.185. The van der Waals surface area contributed by atoms with E-state index in [1.54, 1.807) is 0 Å². The van der Waals surface area contributed by atoms with Crippen molar-refractivity contribution >= 4 is 0 Å². The van der Waals surface area contributed by atoms with Crippen LogP contribution in [0.15, 0.2) is 12.2 Å². The van der Waals surface area contributed by atoms with Crippen molar-refractivity contribution in [1.82, 2.24) is 5.73 Å². The second kappa shape index (κ2) is 1.43. The Hall–Kier alpha value is -0.300. The van der Waals surface area contributed by atoms with Crippen LogP contribution in [0.3, 0.4) is 0 Å². The molecule has 0 aromatic heterocycles. The molecule has 6 heavy (non-hydrogen) atoms. The van der Waals surface area contributed by atoms with Crippen LogP contribution in [0.25, 0.3) is 0 Å². The van der Waals surface area contributed by atoms with Crippen molar-refractivity contribution in [2.75, 3.05) is 0 Å². The summed E-state index contributed by atoms with van der Waals surface area (Å²) >= 11 is 0. The maximum absolute atomic E-state index is 7.07. The minimum Gasteiger partial charge on any atom is -0.254 e. The van der Waals surface area contributed by atoms with E-state index in [1.165, 1.54) is 0 Å². The Morgan fingerprint density at radius 2 is 1.83 bits per heavy atom. The molecule has 1 N–H and O–H groups in total. The Bertz CT molecular complexity index is 58.3. The fourth-order valence-electron chi connectivity index (χ4n) is 0.617. The number of rotatable bonds is 0. The van der Waals surface area contributed by atoms with Gasteiger partial charge in [0.15, 0.2) is 0 Å². The topological polar surface area (TPSA) is 23.8 Å². The van der Waals surface area contributed by atoms with Gasteiger partial charge in [-0.25, -0.2) is 0 Å². The lowest BCUT2D eigenvalue weighted by molar-refractivity contribution is 0.708. The van der Waals surface area contributed by atoms with Gasteiger partial charge in [-0.2, -0.15) is 0 Å². The highest BCUT2D eigenvalue weighted by atomic mass is 14.6. The molecule has 1 rings (SSSR count). The number of hydrogen-bond acceptors (Lipinski definition) is 0. The first-order valence-corrected chi connectivity index (χ1v) is 2.26. The summed E-state index contributed by atoms with van der Waals surface area (Å²) in [7, 11) is 0. The standard InChI is InChI=1S/C5H8N/c6-5-3-1-2-4-5/h1-2,5-6H,3-4H2. The summed E-state index contributed by atoms with van der Waals surface area (Å²) in [5.41, 5.74) is 7.07. The van der Waals surface area contributed by atoms with E-state index in [2.05, 4.69) is 12.2 Å². The van der Waals surface area contributed by atoms with Crippen LogP contribution in [-0.4, -0.2) is 6.04 Å². The van der Waals surface area contributed by atoms with E-state index in [1.807, 2.05) is 0 Å². The molecule has 0 fully saturated rings. The van der Waals surface area contributed by atoms with E-state index in [4.69, 9.17) is 5.73 Å². The highest BCUT2D eigenvalue weighted by Crippen LogP contribution is 2.06. The first-order chi connectivity index (χ1) is 2.89. The maximum Gasteiger partial charge on any atom is 0.0281 e. The number of nitrogens with one attached hydrogen (secondary N) is 1. The van der Waals surface area contributed by atoms with Crippen molar-refractivity contribution in [3.63, 3.8) is 0 Å². The van der Waals surface area contributed by atoms with Gasteiger partial charge < -0.3 is 0 Å². The normalized spacial score (nSPS) is 22.8. The van der Waals surface area contributed by atoms with Gasteiger partial charge in [0.05, 0.1) is 0 Å². The third kappa shape index (κ3) is 0.601. The molecule has 33 valence electrons. The van der Waals surface area contributed by atoms with Crippen LogP contribution in [0.5, 0.6) is 0 Å². The molecule has 0 aromatic carbocycles. The van der Waals surface area contributed by atoms with Crippen molar-refractivity contribution in [2.45, 2.75) is 18.9 Å². The lowest BCUT2D eigenvalue weighted by Crippen LogP contribution is -1.99. The average Bonchev–Trinajstić information content (AvgIpc) is 1.86. The second-order valence-electron chi connectivity index (χ2n) is 1.64. The first kappa shape index (κ1) is 3.88. The highest BCUT2D eigenvalue weighted by molar-refractivity contribution is 4.95.